The third-order valence-electron chi connectivity index (χ3n) is 4.14. The van der Waals surface area contributed by atoms with Crippen LogP contribution in [0.25, 0.3) is 0 Å². The Balaban J connectivity index is 2.24. The monoisotopic (exact) mass is 360 g/mol. The molecule has 134 valence electrons. The van der Waals surface area contributed by atoms with Crippen LogP contribution in [0.5, 0.6) is 0 Å². The minimum atomic E-state index is -3.70. The molecule has 1 N–H and O–H groups in total. The van der Waals surface area contributed by atoms with Crippen molar-refractivity contribution in [3.63, 3.8) is 0 Å². The molecule has 0 heterocycles. The lowest BCUT2D eigenvalue weighted by molar-refractivity contribution is 0.0827. The zero-order valence-corrected chi connectivity index (χ0v) is 15.8. The molecule has 0 aliphatic rings. The average Bonchev–Trinajstić information content (AvgIpc) is 2.60. The highest BCUT2D eigenvalue weighted by Gasteiger charge is 2.16. The van der Waals surface area contributed by atoms with Crippen molar-refractivity contribution < 1.29 is 13.2 Å². The lowest BCUT2D eigenvalue weighted by atomic mass is 9.99. The van der Waals surface area contributed by atoms with Crippen molar-refractivity contribution in [2.45, 2.75) is 31.1 Å². The molecule has 0 aliphatic heterocycles. The van der Waals surface area contributed by atoms with E-state index in [-0.39, 0.29) is 10.8 Å². The fourth-order valence-corrected chi connectivity index (χ4v) is 3.45. The van der Waals surface area contributed by atoms with Crippen molar-refractivity contribution in [3.05, 3.63) is 59.7 Å². The Morgan fingerprint density at radius 1 is 1.12 bits per heavy atom. The van der Waals surface area contributed by atoms with E-state index < -0.39 is 10.0 Å². The van der Waals surface area contributed by atoms with Crippen LogP contribution in [0.3, 0.4) is 0 Å². The van der Waals surface area contributed by atoms with Gasteiger partial charge in [-0.15, -0.1) is 0 Å². The first-order valence-corrected chi connectivity index (χ1v) is 9.67. The average molecular weight is 360 g/mol. The van der Waals surface area contributed by atoms with Gasteiger partial charge in [-0.25, -0.2) is 8.42 Å². The number of hydrogen-bond donors (Lipinski definition) is 1. The maximum absolute atomic E-state index is 12.6. The zero-order valence-electron chi connectivity index (χ0n) is 15.0. The molecular weight excluding hydrogens is 336 g/mol. The van der Waals surface area contributed by atoms with E-state index in [0.29, 0.717) is 17.2 Å². The number of benzene rings is 2. The van der Waals surface area contributed by atoms with Gasteiger partial charge in [-0.05, 0) is 48.2 Å². The molecule has 2 aromatic rings. The molecule has 25 heavy (non-hydrogen) atoms. The summed E-state index contributed by atoms with van der Waals surface area (Å²) in [6.07, 6.45) is 0.997. The molecule has 0 saturated carbocycles. The van der Waals surface area contributed by atoms with E-state index in [0.717, 1.165) is 12.0 Å². The van der Waals surface area contributed by atoms with E-state index in [1.54, 1.807) is 44.4 Å². The van der Waals surface area contributed by atoms with Crippen LogP contribution in [0.4, 0.5) is 5.69 Å². The van der Waals surface area contributed by atoms with Gasteiger partial charge in [0.15, 0.2) is 0 Å². The highest BCUT2D eigenvalue weighted by molar-refractivity contribution is 7.92. The Morgan fingerprint density at radius 3 is 2.32 bits per heavy atom. The second kappa shape index (κ2) is 7.70. The number of carbonyl (C=O) groups is 1. The first-order chi connectivity index (χ1) is 11.7. The number of anilines is 1. The van der Waals surface area contributed by atoms with Gasteiger partial charge in [-0.2, -0.15) is 0 Å². The van der Waals surface area contributed by atoms with E-state index in [4.69, 9.17) is 0 Å². The molecule has 0 fully saturated rings. The molecule has 0 radical (unpaired) electrons. The Morgan fingerprint density at radius 2 is 1.76 bits per heavy atom. The standard InChI is InChI=1S/C19H24N2O3S/c1-5-14(2)15-9-11-18(12-10-15)25(23,24)20-17-8-6-7-16(13-17)19(22)21(3)4/h6-14,20H,5H2,1-4H3. The Kier molecular flexibility index (Phi) is 5.85. The zero-order chi connectivity index (χ0) is 18.6. The fourth-order valence-electron chi connectivity index (χ4n) is 2.40. The molecule has 0 bridgehead atoms. The summed E-state index contributed by atoms with van der Waals surface area (Å²) >= 11 is 0. The molecule has 5 nitrogen and oxygen atoms in total. The number of sulfonamides is 1. The molecule has 0 aromatic heterocycles. The molecule has 1 unspecified atom stereocenters. The van der Waals surface area contributed by atoms with Crippen molar-refractivity contribution in [1.29, 1.82) is 0 Å². The highest BCUT2D eigenvalue weighted by Crippen LogP contribution is 2.22. The van der Waals surface area contributed by atoms with Gasteiger partial charge in [-0.3, -0.25) is 9.52 Å². The minimum absolute atomic E-state index is 0.182. The predicted molar refractivity (Wildman–Crippen MR) is 100 cm³/mol. The van der Waals surface area contributed by atoms with E-state index in [9.17, 15) is 13.2 Å². The summed E-state index contributed by atoms with van der Waals surface area (Å²) < 4.78 is 27.7. The largest absolute Gasteiger partial charge is 0.345 e. The van der Waals surface area contributed by atoms with Crippen molar-refractivity contribution in [2.75, 3.05) is 18.8 Å². The lowest BCUT2D eigenvalue weighted by Crippen LogP contribution is -2.22. The third-order valence-corrected chi connectivity index (χ3v) is 5.54. The molecule has 0 spiro atoms. The van der Waals surface area contributed by atoms with Gasteiger partial charge in [-0.1, -0.05) is 32.0 Å². The Labute approximate surface area is 149 Å². The minimum Gasteiger partial charge on any atom is -0.345 e. The van der Waals surface area contributed by atoms with Gasteiger partial charge >= 0.3 is 0 Å². The summed E-state index contributed by atoms with van der Waals surface area (Å²) in [6.45, 7) is 4.20. The summed E-state index contributed by atoms with van der Waals surface area (Å²) in [6, 6.07) is 13.4. The van der Waals surface area contributed by atoms with Gasteiger partial charge in [0.25, 0.3) is 15.9 Å². The van der Waals surface area contributed by atoms with Gasteiger partial charge in [0.05, 0.1) is 4.90 Å². The predicted octanol–water partition coefficient (Wildman–Crippen LogP) is 3.70. The van der Waals surface area contributed by atoms with E-state index >= 15 is 0 Å². The smallest absolute Gasteiger partial charge is 0.261 e. The number of amides is 1. The summed E-state index contributed by atoms with van der Waals surface area (Å²) in [7, 11) is -0.398. The second-order valence-corrected chi connectivity index (χ2v) is 7.95. The van der Waals surface area contributed by atoms with Crippen molar-refractivity contribution in [2.24, 2.45) is 0 Å². The Bertz CT molecular complexity index is 843. The van der Waals surface area contributed by atoms with E-state index in [2.05, 4.69) is 18.6 Å². The number of hydrogen-bond acceptors (Lipinski definition) is 3. The maximum atomic E-state index is 12.6. The first-order valence-electron chi connectivity index (χ1n) is 8.19. The van der Waals surface area contributed by atoms with Gasteiger partial charge in [0.2, 0.25) is 0 Å². The number of nitrogens with zero attached hydrogens (tertiary/aromatic N) is 1. The molecule has 1 amide bonds. The van der Waals surface area contributed by atoms with Gasteiger partial charge < -0.3 is 4.90 Å². The Hall–Kier alpha value is -2.34. The quantitative estimate of drug-likeness (QED) is 0.854. The maximum Gasteiger partial charge on any atom is 0.261 e. The molecule has 1 atom stereocenters. The number of nitrogens with one attached hydrogen (secondary N) is 1. The van der Waals surface area contributed by atoms with Crippen LogP contribution in [0, 0.1) is 0 Å². The second-order valence-electron chi connectivity index (χ2n) is 6.26. The lowest BCUT2D eigenvalue weighted by Gasteiger charge is -2.13. The number of carbonyl (C=O) groups excluding carboxylic acids is 1. The summed E-state index contributed by atoms with van der Waals surface area (Å²) in [5.41, 5.74) is 1.90. The highest BCUT2D eigenvalue weighted by atomic mass is 32.2. The molecular formula is C19H24N2O3S. The van der Waals surface area contributed by atoms with Gasteiger partial charge in [0.1, 0.15) is 0 Å². The van der Waals surface area contributed by atoms with Crippen LogP contribution in [0.1, 0.15) is 42.1 Å². The SMILES string of the molecule is CCC(C)c1ccc(S(=O)(=O)Nc2cccc(C(=O)N(C)C)c2)cc1. The first kappa shape index (κ1) is 19.0. The topological polar surface area (TPSA) is 66.5 Å². The van der Waals surface area contributed by atoms with E-state index in [1.807, 2.05) is 12.1 Å². The third kappa shape index (κ3) is 4.60. The van der Waals surface area contributed by atoms with Crippen molar-refractivity contribution in [3.8, 4) is 0 Å². The van der Waals surface area contributed by atoms with Crippen molar-refractivity contribution >= 4 is 21.6 Å². The number of rotatable bonds is 6. The van der Waals surface area contributed by atoms with Crippen LogP contribution < -0.4 is 4.72 Å². The van der Waals surface area contributed by atoms with Crippen LogP contribution in [-0.4, -0.2) is 33.3 Å². The van der Waals surface area contributed by atoms with Crippen LogP contribution >= 0.6 is 0 Å². The van der Waals surface area contributed by atoms with E-state index in [1.165, 1.54) is 11.0 Å². The molecule has 6 heteroatoms. The van der Waals surface area contributed by atoms with Gasteiger partial charge in [0, 0.05) is 25.3 Å². The van der Waals surface area contributed by atoms with Crippen LogP contribution in [-0.2, 0) is 10.0 Å². The molecule has 2 rings (SSSR count). The summed E-state index contributed by atoms with van der Waals surface area (Å²) in [5.74, 6) is 0.206. The molecule has 0 saturated heterocycles. The van der Waals surface area contributed by atoms with Crippen LogP contribution in [0.2, 0.25) is 0 Å². The summed E-state index contributed by atoms with van der Waals surface area (Å²) in [5, 5.41) is 0. The summed E-state index contributed by atoms with van der Waals surface area (Å²) in [4.78, 5) is 13.7. The fraction of sp³-hybridized carbons (Fsp3) is 0.316. The normalized spacial score (nSPS) is 12.5. The van der Waals surface area contributed by atoms with Crippen molar-refractivity contribution in [1.82, 2.24) is 4.90 Å². The molecule has 2 aromatic carbocycles. The van der Waals surface area contributed by atoms with Crippen LogP contribution in [0.15, 0.2) is 53.4 Å². The molecule has 0 aliphatic carbocycles.